The number of amides is 2. The van der Waals surface area contributed by atoms with Crippen LogP contribution in [0.15, 0.2) is 42.5 Å². The van der Waals surface area contributed by atoms with Crippen LogP contribution in [0, 0.1) is 0 Å². The molecule has 0 aliphatic heterocycles. The summed E-state index contributed by atoms with van der Waals surface area (Å²) >= 11 is 0. The molecule has 6 heteroatoms. The van der Waals surface area contributed by atoms with E-state index >= 15 is 0 Å². The smallest absolute Gasteiger partial charge is 0.323 e. The third-order valence-electron chi connectivity index (χ3n) is 2.83. The zero-order chi connectivity index (χ0) is 15.2. The van der Waals surface area contributed by atoms with E-state index in [9.17, 15) is 4.79 Å². The van der Waals surface area contributed by atoms with Gasteiger partial charge in [0.25, 0.3) is 0 Å². The van der Waals surface area contributed by atoms with E-state index in [1.54, 1.807) is 42.5 Å². The first-order valence-electron chi connectivity index (χ1n) is 6.28. The maximum Gasteiger partial charge on any atom is 0.323 e. The number of hydrogen-bond donors (Lipinski definition) is 3. The summed E-state index contributed by atoms with van der Waals surface area (Å²) in [6.45, 7) is 0. The lowest BCUT2D eigenvalue weighted by Gasteiger charge is -2.14. The zero-order valence-electron chi connectivity index (χ0n) is 11.8. The lowest BCUT2D eigenvalue weighted by molar-refractivity contribution is 0.262. The third kappa shape index (κ3) is 3.56. The number of nitrogen functional groups attached to an aromatic ring is 1. The third-order valence-corrected chi connectivity index (χ3v) is 2.83. The fourth-order valence-corrected chi connectivity index (χ4v) is 1.82. The lowest BCUT2D eigenvalue weighted by atomic mass is 10.2. The SMILES string of the molecule is COc1cccc(OC)c1NC(=O)Nc1ccc(N)cc1. The number of nitrogens with one attached hydrogen (secondary N) is 2. The Hall–Kier alpha value is -2.89. The normalized spacial score (nSPS) is 9.81. The first kappa shape index (κ1) is 14.5. The van der Waals surface area contributed by atoms with Crippen molar-refractivity contribution in [3.05, 3.63) is 42.5 Å². The highest BCUT2D eigenvalue weighted by atomic mass is 16.5. The van der Waals surface area contributed by atoms with Crippen LogP contribution in [0.4, 0.5) is 21.9 Å². The van der Waals surface area contributed by atoms with E-state index in [2.05, 4.69) is 10.6 Å². The van der Waals surface area contributed by atoms with Crippen molar-refractivity contribution in [1.29, 1.82) is 0 Å². The largest absolute Gasteiger partial charge is 0.494 e. The molecule has 2 amide bonds. The fourth-order valence-electron chi connectivity index (χ4n) is 1.82. The highest BCUT2D eigenvalue weighted by Crippen LogP contribution is 2.34. The highest BCUT2D eigenvalue weighted by molar-refractivity contribution is 6.01. The first-order valence-corrected chi connectivity index (χ1v) is 6.28. The number of nitrogens with two attached hydrogens (primary N) is 1. The van der Waals surface area contributed by atoms with Gasteiger partial charge in [-0.05, 0) is 36.4 Å². The monoisotopic (exact) mass is 287 g/mol. The average molecular weight is 287 g/mol. The van der Waals surface area contributed by atoms with Gasteiger partial charge in [0.15, 0.2) is 0 Å². The van der Waals surface area contributed by atoms with Gasteiger partial charge in [0, 0.05) is 11.4 Å². The Morgan fingerprint density at radius 1 is 0.952 bits per heavy atom. The van der Waals surface area contributed by atoms with Gasteiger partial charge in [0.2, 0.25) is 0 Å². The molecule has 0 spiro atoms. The van der Waals surface area contributed by atoms with Crippen LogP contribution in [-0.2, 0) is 0 Å². The minimum Gasteiger partial charge on any atom is -0.494 e. The van der Waals surface area contributed by atoms with Crippen LogP contribution in [0.3, 0.4) is 0 Å². The van der Waals surface area contributed by atoms with Crippen molar-refractivity contribution in [3.63, 3.8) is 0 Å². The molecule has 0 atom stereocenters. The molecule has 0 unspecified atom stereocenters. The van der Waals surface area contributed by atoms with Crippen molar-refractivity contribution in [3.8, 4) is 11.5 Å². The van der Waals surface area contributed by atoms with E-state index < -0.39 is 6.03 Å². The molecule has 0 saturated heterocycles. The van der Waals surface area contributed by atoms with Gasteiger partial charge in [-0.15, -0.1) is 0 Å². The van der Waals surface area contributed by atoms with Crippen LogP contribution in [0.5, 0.6) is 11.5 Å². The van der Waals surface area contributed by atoms with Crippen LogP contribution >= 0.6 is 0 Å². The number of anilines is 3. The number of para-hydroxylation sites is 1. The van der Waals surface area contributed by atoms with E-state index in [-0.39, 0.29) is 0 Å². The molecule has 21 heavy (non-hydrogen) atoms. The van der Waals surface area contributed by atoms with E-state index in [1.807, 2.05) is 0 Å². The van der Waals surface area contributed by atoms with Gasteiger partial charge >= 0.3 is 6.03 Å². The van der Waals surface area contributed by atoms with Crippen LogP contribution < -0.4 is 25.8 Å². The molecule has 110 valence electrons. The molecule has 6 nitrogen and oxygen atoms in total. The van der Waals surface area contributed by atoms with E-state index in [0.29, 0.717) is 28.6 Å². The van der Waals surface area contributed by atoms with Crippen molar-refractivity contribution in [2.45, 2.75) is 0 Å². The fraction of sp³-hybridized carbons (Fsp3) is 0.133. The van der Waals surface area contributed by atoms with Gasteiger partial charge in [0.1, 0.15) is 17.2 Å². The number of benzene rings is 2. The summed E-state index contributed by atoms with van der Waals surface area (Å²) in [6, 6.07) is 11.7. The topological polar surface area (TPSA) is 85.6 Å². The van der Waals surface area contributed by atoms with Crippen LogP contribution in [0.2, 0.25) is 0 Å². The molecule has 2 aromatic rings. The molecule has 0 bridgehead atoms. The van der Waals surface area contributed by atoms with Crippen molar-refractivity contribution >= 4 is 23.1 Å². The average Bonchev–Trinajstić information content (AvgIpc) is 2.49. The maximum atomic E-state index is 12.0. The molecule has 2 rings (SSSR count). The number of hydrogen-bond acceptors (Lipinski definition) is 4. The van der Waals surface area contributed by atoms with Gasteiger partial charge in [-0.3, -0.25) is 0 Å². The Morgan fingerprint density at radius 3 is 2.05 bits per heavy atom. The molecular formula is C15H17N3O3. The minimum absolute atomic E-state index is 0.400. The molecule has 0 fully saturated rings. The van der Waals surface area contributed by atoms with Crippen molar-refractivity contribution < 1.29 is 14.3 Å². The molecule has 0 radical (unpaired) electrons. The van der Waals surface area contributed by atoms with Gasteiger partial charge in [-0.25, -0.2) is 4.79 Å². The summed E-state index contributed by atoms with van der Waals surface area (Å²) in [7, 11) is 3.05. The van der Waals surface area contributed by atoms with Crippen molar-refractivity contribution in [1.82, 2.24) is 0 Å². The molecule has 0 saturated carbocycles. The number of methoxy groups -OCH3 is 2. The number of ether oxygens (including phenoxy) is 2. The second-order valence-corrected chi connectivity index (χ2v) is 4.24. The quantitative estimate of drug-likeness (QED) is 0.755. The van der Waals surface area contributed by atoms with E-state index in [1.165, 1.54) is 14.2 Å². The van der Waals surface area contributed by atoms with Gasteiger partial charge in [0.05, 0.1) is 14.2 Å². The Balaban J connectivity index is 2.14. The van der Waals surface area contributed by atoms with Crippen LogP contribution in [0.25, 0.3) is 0 Å². The Labute approximate surface area is 122 Å². The molecule has 2 aromatic carbocycles. The molecule has 0 aromatic heterocycles. The number of urea groups is 1. The van der Waals surface area contributed by atoms with Gasteiger partial charge in [-0.1, -0.05) is 6.07 Å². The Morgan fingerprint density at radius 2 is 1.52 bits per heavy atom. The van der Waals surface area contributed by atoms with Crippen LogP contribution in [0.1, 0.15) is 0 Å². The number of carbonyl (C=O) groups excluding carboxylic acids is 1. The lowest BCUT2D eigenvalue weighted by Crippen LogP contribution is -2.20. The molecule has 0 aliphatic carbocycles. The molecule has 0 aliphatic rings. The van der Waals surface area contributed by atoms with Crippen molar-refractivity contribution in [2.75, 3.05) is 30.6 Å². The first-order chi connectivity index (χ1) is 10.1. The Kier molecular flexibility index (Phi) is 4.50. The summed E-state index contributed by atoms with van der Waals surface area (Å²) in [4.78, 5) is 12.0. The minimum atomic E-state index is -0.400. The summed E-state index contributed by atoms with van der Waals surface area (Å²) < 4.78 is 10.4. The predicted molar refractivity (Wildman–Crippen MR) is 83.0 cm³/mol. The summed E-state index contributed by atoms with van der Waals surface area (Å²) in [5, 5.41) is 5.42. The van der Waals surface area contributed by atoms with E-state index in [4.69, 9.17) is 15.2 Å². The molecule has 4 N–H and O–H groups in total. The van der Waals surface area contributed by atoms with Gasteiger partial charge in [-0.2, -0.15) is 0 Å². The Bertz CT molecular complexity index is 604. The summed E-state index contributed by atoms with van der Waals surface area (Å²) in [6.07, 6.45) is 0. The number of carbonyl (C=O) groups is 1. The van der Waals surface area contributed by atoms with E-state index in [0.717, 1.165) is 0 Å². The highest BCUT2D eigenvalue weighted by Gasteiger charge is 2.12. The molecule has 0 heterocycles. The summed E-state index contributed by atoms with van der Waals surface area (Å²) in [5.41, 5.74) is 7.33. The van der Waals surface area contributed by atoms with Crippen LogP contribution in [-0.4, -0.2) is 20.3 Å². The standard InChI is InChI=1S/C15H17N3O3/c1-20-12-4-3-5-13(21-2)14(12)18-15(19)17-11-8-6-10(16)7-9-11/h3-9H,16H2,1-2H3,(H2,17,18,19). The maximum absolute atomic E-state index is 12.0. The zero-order valence-corrected chi connectivity index (χ0v) is 11.8. The second-order valence-electron chi connectivity index (χ2n) is 4.24. The molecular weight excluding hydrogens is 270 g/mol. The van der Waals surface area contributed by atoms with Gasteiger partial charge < -0.3 is 25.8 Å². The number of rotatable bonds is 4. The van der Waals surface area contributed by atoms with Crippen molar-refractivity contribution in [2.24, 2.45) is 0 Å². The predicted octanol–water partition coefficient (Wildman–Crippen LogP) is 2.93. The summed E-state index contributed by atoms with van der Waals surface area (Å²) in [5.74, 6) is 1.03. The second kappa shape index (κ2) is 6.51.